The van der Waals surface area contributed by atoms with Crippen LogP contribution in [0.4, 0.5) is 0 Å². The molecule has 2 atom stereocenters. The molecule has 0 bridgehead atoms. The maximum atomic E-state index is 11.4. The van der Waals surface area contributed by atoms with Gasteiger partial charge in [-0.1, -0.05) is 20.8 Å². The Balaban J connectivity index is 2.26. The minimum atomic E-state index is -0.475. The van der Waals surface area contributed by atoms with Gasteiger partial charge in [0.15, 0.2) is 0 Å². The van der Waals surface area contributed by atoms with E-state index >= 15 is 0 Å². The summed E-state index contributed by atoms with van der Waals surface area (Å²) < 4.78 is 0. The molecule has 1 rings (SSSR count). The quantitative estimate of drug-likeness (QED) is 0.740. The van der Waals surface area contributed by atoms with Gasteiger partial charge < -0.3 is 5.32 Å². The number of hydrogen-bond donors (Lipinski definition) is 1. The van der Waals surface area contributed by atoms with Crippen LogP contribution in [0.3, 0.4) is 0 Å². The SMILES string of the molecule is CCC(C#N)C(=O)NCC1CC1(C)C. The third-order valence-corrected chi connectivity index (χ3v) is 3.12. The molecule has 0 saturated heterocycles. The molecule has 0 aromatic heterocycles. The highest BCUT2D eigenvalue weighted by molar-refractivity contribution is 5.80. The van der Waals surface area contributed by atoms with Crippen LogP contribution in [0.2, 0.25) is 0 Å². The highest BCUT2D eigenvalue weighted by atomic mass is 16.1. The van der Waals surface area contributed by atoms with E-state index in [1.165, 1.54) is 6.42 Å². The molecule has 0 radical (unpaired) electrons. The van der Waals surface area contributed by atoms with Crippen molar-refractivity contribution in [3.63, 3.8) is 0 Å². The van der Waals surface area contributed by atoms with Crippen molar-refractivity contribution >= 4 is 5.91 Å². The molecule has 0 aromatic rings. The minimum absolute atomic E-state index is 0.113. The Morgan fingerprint density at radius 2 is 2.29 bits per heavy atom. The summed E-state index contributed by atoms with van der Waals surface area (Å²) in [4.78, 5) is 11.4. The molecule has 1 fully saturated rings. The fraction of sp³-hybridized carbons (Fsp3) is 0.818. The van der Waals surface area contributed by atoms with E-state index in [0.717, 1.165) is 6.54 Å². The first-order chi connectivity index (χ1) is 6.51. The van der Waals surface area contributed by atoms with Crippen molar-refractivity contribution in [1.29, 1.82) is 5.26 Å². The van der Waals surface area contributed by atoms with E-state index in [2.05, 4.69) is 19.2 Å². The summed E-state index contributed by atoms with van der Waals surface area (Å²) in [6, 6.07) is 2.00. The summed E-state index contributed by atoms with van der Waals surface area (Å²) >= 11 is 0. The topological polar surface area (TPSA) is 52.9 Å². The Labute approximate surface area is 85.5 Å². The second kappa shape index (κ2) is 4.00. The molecule has 1 aliphatic carbocycles. The lowest BCUT2D eigenvalue weighted by molar-refractivity contribution is -0.123. The zero-order chi connectivity index (χ0) is 10.8. The van der Waals surface area contributed by atoms with Gasteiger partial charge in [-0.15, -0.1) is 0 Å². The molecule has 78 valence electrons. The molecule has 3 heteroatoms. The molecule has 0 heterocycles. The van der Waals surface area contributed by atoms with Gasteiger partial charge in [0, 0.05) is 6.54 Å². The van der Waals surface area contributed by atoms with E-state index < -0.39 is 5.92 Å². The van der Waals surface area contributed by atoms with E-state index in [0.29, 0.717) is 17.8 Å². The van der Waals surface area contributed by atoms with Gasteiger partial charge >= 0.3 is 0 Å². The Kier molecular flexibility index (Phi) is 3.15. The number of amides is 1. The van der Waals surface area contributed by atoms with Crippen LogP contribution in [0.25, 0.3) is 0 Å². The normalized spacial score (nSPS) is 24.9. The molecule has 1 N–H and O–H groups in total. The van der Waals surface area contributed by atoms with E-state index in [-0.39, 0.29) is 5.91 Å². The molecule has 0 spiro atoms. The fourth-order valence-corrected chi connectivity index (χ4v) is 1.61. The Morgan fingerprint density at radius 3 is 2.64 bits per heavy atom. The minimum Gasteiger partial charge on any atom is -0.355 e. The zero-order valence-electron chi connectivity index (χ0n) is 9.13. The van der Waals surface area contributed by atoms with Crippen LogP contribution >= 0.6 is 0 Å². The molecular formula is C11H18N2O. The number of carbonyl (C=O) groups excluding carboxylic acids is 1. The van der Waals surface area contributed by atoms with Crippen LogP contribution in [-0.4, -0.2) is 12.5 Å². The Bertz CT molecular complexity index is 265. The number of hydrogen-bond acceptors (Lipinski definition) is 2. The standard InChI is InChI=1S/C11H18N2O/c1-4-8(6-12)10(14)13-7-9-5-11(9,2)3/h8-9H,4-5,7H2,1-3H3,(H,13,14). The number of nitriles is 1. The lowest BCUT2D eigenvalue weighted by Crippen LogP contribution is -2.31. The summed E-state index contributed by atoms with van der Waals surface area (Å²) in [6.07, 6.45) is 1.77. The maximum Gasteiger partial charge on any atom is 0.237 e. The van der Waals surface area contributed by atoms with Crippen molar-refractivity contribution in [1.82, 2.24) is 5.32 Å². The lowest BCUT2D eigenvalue weighted by atomic mass is 10.1. The highest BCUT2D eigenvalue weighted by Crippen LogP contribution is 2.50. The van der Waals surface area contributed by atoms with Gasteiger partial charge in [0.05, 0.1) is 6.07 Å². The first-order valence-electron chi connectivity index (χ1n) is 5.18. The summed E-state index contributed by atoms with van der Waals surface area (Å²) in [6.45, 7) is 6.98. The third kappa shape index (κ3) is 2.47. The second-order valence-corrected chi connectivity index (χ2v) is 4.72. The van der Waals surface area contributed by atoms with Crippen LogP contribution in [0.1, 0.15) is 33.6 Å². The van der Waals surface area contributed by atoms with Gasteiger partial charge in [-0.2, -0.15) is 5.26 Å². The van der Waals surface area contributed by atoms with Crippen molar-refractivity contribution in [2.75, 3.05) is 6.54 Å². The van der Waals surface area contributed by atoms with Crippen molar-refractivity contribution in [2.24, 2.45) is 17.3 Å². The average Bonchev–Trinajstić information content (AvgIpc) is 2.73. The molecule has 0 aromatic carbocycles. The number of carbonyl (C=O) groups is 1. The van der Waals surface area contributed by atoms with Crippen LogP contribution in [0.15, 0.2) is 0 Å². The average molecular weight is 194 g/mol. The van der Waals surface area contributed by atoms with Gasteiger partial charge in [-0.05, 0) is 24.2 Å². The van der Waals surface area contributed by atoms with Crippen molar-refractivity contribution in [3.05, 3.63) is 0 Å². The molecule has 1 saturated carbocycles. The van der Waals surface area contributed by atoms with Gasteiger partial charge in [0.25, 0.3) is 0 Å². The molecule has 1 amide bonds. The first-order valence-corrected chi connectivity index (χ1v) is 5.18. The largest absolute Gasteiger partial charge is 0.355 e. The fourth-order valence-electron chi connectivity index (χ4n) is 1.61. The predicted molar refractivity (Wildman–Crippen MR) is 54.3 cm³/mol. The Hall–Kier alpha value is -1.04. The second-order valence-electron chi connectivity index (χ2n) is 4.72. The van der Waals surface area contributed by atoms with E-state index in [1.54, 1.807) is 0 Å². The zero-order valence-corrected chi connectivity index (χ0v) is 9.13. The molecule has 1 aliphatic rings. The van der Waals surface area contributed by atoms with Crippen LogP contribution < -0.4 is 5.32 Å². The lowest BCUT2D eigenvalue weighted by Gasteiger charge is -2.08. The van der Waals surface area contributed by atoms with Gasteiger partial charge in [-0.25, -0.2) is 0 Å². The van der Waals surface area contributed by atoms with E-state index in [4.69, 9.17) is 5.26 Å². The molecule has 3 nitrogen and oxygen atoms in total. The summed E-state index contributed by atoms with van der Waals surface area (Å²) in [7, 11) is 0. The van der Waals surface area contributed by atoms with Crippen molar-refractivity contribution < 1.29 is 4.79 Å². The Morgan fingerprint density at radius 1 is 1.71 bits per heavy atom. The monoisotopic (exact) mass is 194 g/mol. The predicted octanol–water partition coefficient (Wildman–Crippen LogP) is 1.70. The first kappa shape index (κ1) is 11.0. The third-order valence-electron chi connectivity index (χ3n) is 3.12. The number of nitrogens with one attached hydrogen (secondary N) is 1. The van der Waals surface area contributed by atoms with Crippen LogP contribution in [0, 0.1) is 28.6 Å². The van der Waals surface area contributed by atoms with E-state index in [9.17, 15) is 4.79 Å². The van der Waals surface area contributed by atoms with Crippen molar-refractivity contribution in [3.8, 4) is 6.07 Å². The molecule has 14 heavy (non-hydrogen) atoms. The number of nitrogens with zero attached hydrogens (tertiary/aromatic N) is 1. The van der Waals surface area contributed by atoms with Crippen LogP contribution in [-0.2, 0) is 4.79 Å². The summed E-state index contributed by atoms with van der Waals surface area (Å²) in [5.74, 6) is 0.0113. The molecular weight excluding hydrogens is 176 g/mol. The molecule has 2 unspecified atom stereocenters. The van der Waals surface area contributed by atoms with Gasteiger partial charge in [0.1, 0.15) is 5.92 Å². The van der Waals surface area contributed by atoms with Crippen molar-refractivity contribution in [2.45, 2.75) is 33.6 Å². The summed E-state index contributed by atoms with van der Waals surface area (Å²) in [5, 5.41) is 11.5. The van der Waals surface area contributed by atoms with Gasteiger partial charge in [-0.3, -0.25) is 4.79 Å². The van der Waals surface area contributed by atoms with E-state index in [1.807, 2.05) is 13.0 Å². The maximum absolute atomic E-state index is 11.4. The number of rotatable bonds is 4. The highest BCUT2D eigenvalue weighted by Gasteiger charge is 2.45. The smallest absolute Gasteiger partial charge is 0.237 e. The van der Waals surface area contributed by atoms with Gasteiger partial charge in [0.2, 0.25) is 5.91 Å². The molecule has 0 aliphatic heterocycles. The van der Waals surface area contributed by atoms with Crippen LogP contribution in [0.5, 0.6) is 0 Å². The summed E-state index contributed by atoms with van der Waals surface area (Å²) in [5.41, 5.74) is 0.391.